The molecule has 0 unspecified atom stereocenters. The number of fused-ring (bicyclic) bond motifs is 4. The van der Waals surface area contributed by atoms with E-state index in [-0.39, 0.29) is 0 Å². The average Bonchev–Trinajstić information content (AvgIpc) is 2.78. The van der Waals surface area contributed by atoms with Crippen LogP contribution in [0.5, 0.6) is 0 Å². The van der Waals surface area contributed by atoms with Crippen LogP contribution in [-0.2, 0) is 6.42 Å². The largest absolute Gasteiger partial charge is 0.247 e. The van der Waals surface area contributed by atoms with Gasteiger partial charge in [-0.1, -0.05) is 30.3 Å². The van der Waals surface area contributed by atoms with Crippen molar-refractivity contribution >= 4 is 27.8 Å². The van der Waals surface area contributed by atoms with Crippen molar-refractivity contribution in [2.24, 2.45) is 0 Å². The van der Waals surface area contributed by atoms with Crippen LogP contribution in [-0.4, -0.2) is 4.57 Å². The first kappa shape index (κ1) is 10.4. The van der Waals surface area contributed by atoms with Crippen molar-refractivity contribution in [2.75, 3.05) is 0 Å². The van der Waals surface area contributed by atoms with Crippen molar-refractivity contribution in [3.8, 4) is 6.19 Å². The number of hydrogen-bond donors (Lipinski definition) is 0. The van der Waals surface area contributed by atoms with Crippen LogP contribution in [0.3, 0.4) is 0 Å². The summed E-state index contributed by atoms with van der Waals surface area (Å²) in [6, 6.07) is 12.7. The highest BCUT2D eigenvalue weighted by molar-refractivity contribution is 6.00. The Morgan fingerprint density at radius 1 is 1.11 bits per heavy atom. The molecule has 2 aromatic carbocycles. The zero-order valence-electron chi connectivity index (χ0n) is 10.4. The number of hydrogen-bond acceptors (Lipinski definition) is 1. The van der Waals surface area contributed by atoms with Gasteiger partial charge >= 0.3 is 0 Å². The van der Waals surface area contributed by atoms with Gasteiger partial charge in [0.2, 0.25) is 0 Å². The summed E-state index contributed by atoms with van der Waals surface area (Å²) in [5.41, 5.74) is 3.39. The Morgan fingerprint density at radius 2 is 1.89 bits per heavy atom. The van der Waals surface area contributed by atoms with Gasteiger partial charge in [-0.05, 0) is 47.4 Å². The predicted octanol–water partition coefficient (Wildman–Crippen LogP) is 4.08. The van der Waals surface area contributed by atoms with Gasteiger partial charge in [0.25, 0.3) is 0 Å². The van der Waals surface area contributed by atoms with Gasteiger partial charge in [-0.2, -0.15) is 5.26 Å². The van der Waals surface area contributed by atoms with Crippen molar-refractivity contribution in [3.05, 3.63) is 53.7 Å². The van der Waals surface area contributed by atoms with Gasteiger partial charge in [0.05, 0.1) is 11.2 Å². The fourth-order valence-corrected chi connectivity index (χ4v) is 3.03. The summed E-state index contributed by atoms with van der Waals surface area (Å²) in [4.78, 5) is 0. The molecule has 2 nitrogen and oxygen atoms in total. The average molecular weight is 244 g/mol. The minimum Gasteiger partial charge on any atom is -0.247 e. The highest BCUT2D eigenvalue weighted by atomic mass is 15.0. The van der Waals surface area contributed by atoms with E-state index in [2.05, 4.69) is 48.7 Å². The van der Waals surface area contributed by atoms with E-state index >= 15 is 0 Å². The van der Waals surface area contributed by atoms with E-state index in [1.165, 1.54) is 21.7 Å². The Kier molecular flexibility index (Phi) is 2.04. The number of rotatable bonds is 0. The van der Waals surface area contributed by atoms with Crippen LogP contribution in [0.15, 0.2) is 42.5 Å². The molecule has 3 aromatic rings. The molecule has 1 aliphatic rings. The number of nitrogens with zero attached hydrogens (tertiary/aromatic N) is 2. The Hall–Kier alpha value is -2.53. The summed E-state index contributed by atoms with van der Waals surface area (Å²) in [6.07, 6.45) is 8.61. The lowest BCUT2D eigenvalue weighted by atomic mass is 9.99. The second-order valence-corrected chi connectivity index (χ2v) is 4.96. The van der Waals surface area contributed by atoms with Gasteiger partial charge in [0.1, 0.15) is 0 Å². The Labute approximate surface area is 111 Å². The molecule has 0 bridgehead atoms. The number of allylic oxidation sites excluding steroid dienone is 1. The summed E-state index contributed by atoms with van der Waals surface area (Å²) in [5, 5.41) is 13.1. The lowest BCUT2D eigenvalue weighted by molar-refractivity contribution is 0.972. The molecule has 0 fully saturated rings. The number of aromatic nitrogens is 1. The summed E-state index contributed by atoms with van der Waals surface area (Å²) in [5.74, 6) is 0. The predicted molar refractivity (Wildman–Crippen MR) is 77.8 cm³/mol. The highest BCUT2D eigenvalue weighted by Gasteiger charge is 2.17. The smallest absolute Gasteiger partial charge is 0.189 e. The fourth-order valence-electron chi connectivity index (χ4n) is 3.03. The van der Waals surface area contributed by atoms with E-state index in [0.29, 0.717) is 0 Å². The highest BCUT2D eigenvalue weighted by Crippen LogP contribution is 2.33. The Bertz CT molecular complexity index is 876. The van der Waals surface area contributed by atoms with E-state index in [1.54, 1.807) is 4.57 Å². The van der Waals surface area contributed by atoms with Gasteiger partial charge in [-0.3, -0.25) is 0 Å². The zero-order valence-corrected chi connectivity index (χ0v) is 10.4. The standard InChI is InChI=1S/C17H12N2/c18-11-19-16-8-4-3-7-14(16)15-9-12-5-1-2-6-13(12)10-17(15)19/h1-2,4-6,8-10H,3,7H2. The maximum Gasteiger partial charge on any atom is 0.189 e. The lowest BCUT2D eigenvalue weighted by Gasteiger charge is -2.05. The quantitative estimate of drug-likeness (QED) is 0.585. The number of nitriles is 1. The van der Waals surface area contributed by atoms with Crippen LogP contribution in [0.25, 0.3) is 27.8 Å². The van der Waals surface area contributed by atoms with Gasteiger partial charge < -0.3 is 0 Å². The maximum absolute atomic E-state index is 9.43. The van der Waals surface area contributed by atoms with Crippen LogP contribution in [0.1, 0.15) is 17.7 Å². The van der Waals surface area contributed by atoms with Crippen LogP contribution >= 0.6 is 0 Å². The first-order valence-corrected chi connectivity index (χ1v) is 6.51. The van der Waals surface area contributed by atoms with E-state index < -0.39 is 0 Å². The Morgan fingerprint density at radius 3 is 2.68 bits per heavy atom. The molecular formula is C17H12N2. The molecule has 0 spiro atoms. The van der Waals surface area contributed by atoms with Crippen molar-refractivity contribution in [1.29, 1.82) is 5.26 Å². The summed E-state index contributed by atoms with van der Waals surface area (Å²) in [6.45, 7) is 0. The van der Waals surface area contributed by atoms with Gasteiger partial charge in [-0.15, -0.1) is 0 Å². The molecule has 0 N–H and O–H groups in total. The first-order chi connectivity index (χ1) is 9.38. The van der Waals surface area contributed by atoms with Crippen LogP contribution in [0, 0.1) is 11.5 Å². The van der Waals surface area contributed by atoms with E-state index in [4.69, 9.17) is 0 Å². The minimum absolute atomic E-state index is 1.02. The first-order valence-electron chi connectivity index (χ1n) is 6.51. The summed E-state index contributed by atoms with van der Waals surface area (Å²) < 4.78 is 1.76. The molecule has 4 rings (SSSR count). The van der Waals surface area contributed by atoms with E-state index in [1.807, 2.05) is 6.07 Å². The molecule has 1 aromatic heterocycles. The molecule has 0 saturated carbocycles. The third-order valence-electron chi connectivity index (χ3n) is 3.92. The molecule has 1 heterocycles. The lowest BCUT2D eigenvalue weighted by Crippen LogP contribution is -1.96. The van der Waals surface area contributed by atoms with E-state index in [9.17, 15) is 5.26 Å². The normalized spacial score (nSPS) is 13.6. The van der Waals surface area contributed by atoms with Crippen LogP contribution in [0.4, 0.5) is 0 Å². The summed E-state index contributed by atoms with van der Waals surface area (Å²) >= 11 is 0. The van der Waals surface area contributed by atoms with Crippen molar-refractivity contribution in [2.45, 2.75) is 12.8 Å². The molecule has 1 aliphatic carbocycles. The third kappa shape index (κ3) is 1.36. The van der Waals surface area contributed by atoms with Gasteiger partial charge in [0.15, 0.2) is 6.19 Å². The molecule has 19 heavy (non-hydrogen) atoms. The molecule has 0 radical (unpaired) electrons. The molecular weight excluding hydrogens is 232 g/mol. The third-order valence-corrected chi connectivity index (χ3v) is 3.92. The molecule has 2 heteroatoms. The summed E-state index contributed by atoms with van der Waals surface area (Å²) in [7, 11) is 0. The number of benzene rings is 2. The molecule has 0 aliphatic heterocycles. The van der Waals surface area contributed by atoms with Crippen molar-refractivity contribution in [1.82, 2.24) is 4.57 Å². The fraction of sp³-hybridized carbons (Fsp3) is 0.118. The second-order valence-electron chi connectivity index (χ2n) is 4.96. The van der Waals surface area contributed by atoms with Crippen LogP contribution < -0.4 is 0 Å². The Balaban J connectivity index is 2.23. The molecule has 0 atom stereocenters. The monoisotopic (exact) mass is 244 g/mol. The van der Waals surface area contributed by atoms with Crippen molar-refractivity contribution < 1.29 is 0 Å². The molecule has 0 amide bonds. The van der Waals surface area contributed by atoms with Crippen molar-refractivity contribution in [3.63, 3.8) is 0 Å². The zero-order chi connectivity index (χ0) is 12.8. The van der Waals surface area contributed by atoms with Gasteiger partial charge in [0, 0.05) is 5.39 Å². The number of aryl methyl sites for hydroxylation is 1. The van der Waals surface area contributed by atoms with E-state index in [0.717, 1.165) is 24.1 Å². The second kappa shape index (κ2) is 3.73. The minimum atomic E-state index is 1.02. The van der Waals surface area contributed by atoms with Crippen LogP contribution in [0.2, 0.25) is 0 Å². The molecule has 0 saturated heterocycles. The SMILES string of the molecule is N#Cn1c2c(c3cc4ccccc4cc31)CCC=C2. The maximum atomic E-state index is 9.43. The molecule has 90 valence electrons. The van der Waals surface area contributed by atoms with Gasteiger partial charge in [-0.25, -0.2) is 4.57 Å². The topological polar surface area (TPSA) is 28.7 Å².